The molecule has 0 aromatic heterocycles. The zero-order valence-electron chi connectivity index (χ0n) is 14.9. The number of benzene rings is 3. The molecule has 0 saturated heterocycles. The molecule has 0 bridgehead atoms. The highest BCUT2D eigenvalue weighted by Crippen LogP contribution is 2.37. The van der Waals surface area contributed by atoms with E-state index in [1.54, 1.807) is 12.1 Å². The van der Waals surface area contributed by atoms with Gasteiger partial charge in [0, 0.05) is 12.6 Å². The molecule has 3 aromatic carbocycles. The molecule has 4 rings (SSSR count). The van der Waals surface area contributed by atoms with Gasteiger partial charge in [0.25, 0.3) is 0 Å². The van der Waals surface area contributed by atoms with E-state index >= 15 is 0 Å². The van der Waals surface area contributed by atoms with Crippen molar-refractivity contribution in [2.45, 2.75) is 18.9 Å². The van der Waals surface area contributed by atoms with E-state index in [-0.39, 0.29) is 17.5 Å². The van der Waals surface area contributed by atoms with Gasteiger partial charge in [0.1, 0.15) is 11.5 Å². The number of hydrogen-bond acceptors (Lipinski definition) is 3. The van der Waals surface area contributed by atoms with Crippen molar-refractivity contribution < 1.29 is 10.2 Å². The molecule has 3 nitrogen and oxygen atoms in total. The second kappa shape index (κ2) is 6.85. The Bertz CT molecular complexity index is 921. The number of nitrogens with zero attached hydrogens (tertiary/aromatic N) is 1. The van der Waals surface area contributed by atoms with Crippen LogP contribution in [0.15, 0.2) is 66.7 Å². The van der Waals surface area contributed by atoms with E-state index in [4.69, 9.17) is 0 Å². The second-order valence-electron chi connectivity index (χ2n) is 7.04. The Balaban J connectivity index is 1.87. The van der Waals surface area contributed by atoms with Gasteiger partial charge in [-0.15, -0.1) is 0 Å². The third kappa shape index (κ3) is 3.18. The molecule has 3 aromatic rings. The maximum Gasteiger partial charge on any atom is 0.116 e. The molecule has 0 fully saturated rings. The summed E-state index contributed by atoms with van der Waals surface area (Å²) in [6, 6.07) is 22.0. The molecule has 1 aliphatic heterocycles. The molecule has 1 atom stereocenters. The summed E-state index contributed by atoms with van der Waals surface area (Å²) >= 11 is 0. The maximum atomic E-state index is 10.1. The van der Waals surface area contributed by atoms with E-state index in [9.17, 15) is 10.2 Å². The molecular formula is C23H23NO2. The summed E-state index contributed by atoms with van der Waals surface area (Å²) in [6.07, 6.45) is 1.75. The summed E-state index contributed by atoms with van der Waals surface area (Å²) in [5, 5.41) is 20.1. The number of phenols is 2. The van der Waals surface area contributed by atoms with E-state index in [0.29, 0.717) is 0 Å². The van der Waals surface area contributed by atoms with Crippen LogP contribution in [0.2, 0.25) is 0 Å². The average Bonchev–Trinajstić information content (AvgIpc) is 2.71. The molecule has 1 heterocycles. The van der Waals surface area contributed by atoms with Gasteiger partial charge in [0.2, 0.25) is 0 Å². The molecule has 0 saturated carbocycles. The number of aromatic hydroxyl groups is 2. The summed E-state index contributed by atoms with van der Waals surface area (Å²) in [6.45, 7) is 0.928. The number of rotatable bonds is 1. The highest BCUT2D eigenvalue weighted by atomic mass is 16.3. The smallest absolute Gasteiger partial charge is 0.116 e. The molecule has 3 heteroatoms. The molecule has 0 radical (unpaired) electrons. The predicted octanol–water partition coefficient (Wildman–Crippen LogP) is 4.54. The number of fused-ring (bicyclic) bond motifs is 3. The summed E-state index contributed by atoms with van der Waals surface area (Å²) < 4.78 is 0. The van der Waals surface area contributed by atoms with E-state index < -0.39 is 0 Å². The van der Waals surface area contributed by atoms with Crippen LogP contribution in [0, 0.1) is 0 Å². The summed E-state index contributed by atoms with van der Waals surface area (Å²) in [4.78, 5) is 2.40. The van der Waals surface area contributed by atoms with Crippen LogP contribution in [0.4, 0.5) is 0 Å². The highest BCUT2D eigenvalue weighted by Gasteiger charge is 2.23. The van der Waals surface area contributed by atoms with Crippen LogP contribution in [-0.2, 0) is 12.8 Å². The van der Waals surface area contributed by atoms with Crippen LogP contribution in [0.1, 0.15) is 22.7 Å². The van der Waals surface area contributed by atoms with Crippen LogP contribution >= 0.6 is 0 Å². The molecule has 1 unspecified atom stereocenters. The topological polar surface area (TPSA) is 43.7 Å². The fourth-order valence-corrected chi connectivity index (χ4v) is 3.89. The number of likely N-dealkylation sites (N-methyl/N-ethyl adjacent to an activating group) is 1. The first kappa shape index (κ1) is 16.7. The molecule has 2 N–H and O–H groups in total. The Kier molecular flexibility index (Phi) is 4.39. The molecule has 1 aliphatic rings. The van der Waals surface area contributed by atoms with Gasteiger partial charge in [-0.05, 0) is 72.0 Å². The number of phenolic OH excluding ortho intramolecular Hbond substituents is 2. The lowest BCUT2D eigenvalue weighted by Crippen LogP contribution is -2.28. The minimum atomic E-state index is 0.252. The van der Waals surface area contributed by atoms with Crippen molar-refractivity contribution in [2.24, 2.45) is 0 Å². The van der Waals surface area contributed by atoms with Crippen molar-refractivity contribution in [2.75, 3.05) is 13.6 Å². The summed E-state index contributed by atoms with van der Waals surface area (Å²) in [5.74, 6) is 0.507. The van der Waals surface area contributed by atoms with Crippen molar-refractivity contribution in [3.63, 3.8) is 0 Å². The first-order chi connectivity index (χ1) is 12.6. The van der Waals surface area contributed by atoms with E-state index in [0.717, 1.165) is 30.5 Å². The van der Waals surface area contributed by atoms with Crippen molar-refractivity contribution >= 4 is 0 Å². The third-order valence-corrected chi connectivity index (χ3v) is 5.34. The predicted molar refractivity (Wildman–Crippen MR) is 104 cm³/mol. The van der Waals surface area contributed by atoms with Crippen LogP contribution in [0.25, 0.3) is 11.1 Å². The van der Waals surface area contributed by atoms with E-state index in [1.807, 2.05) is 30.3 Å². The Morgan fingerprint density at radius 2 is 1.42 bits per heavy atom. The first-order valence-corrected chi connectivity index (χ1v) is 9.01. The van der Waals surface area contributed by atoms with Gasteiger partial charge in [-0.1, -0.05) is 42.5 Å². The lowest BCUT2D eigenvalue weighted by molar-refractivity contribution is 0.247. The largest absolute Gasteiger partial charge is 0.508 e. The molecule has 132 valence electrons. The van der Waals surface area contributed by atoms with E-state index in [2.05, 4.69) is 36.2 Å². The van der Waals surface area contributed by atoms with Crippen LogP contribution < -0.4 is 0 Å². The van der Waals surface area contributed by atoms with Gasteiger partial charge in [-0.2, -0.15) is 0 Å². The molecular weight excluding hydrogens is 322 g/mol. The SMILES string of the molecule is CN1CCc2ccc(O)cc2-c2cc(O)ccc2CC1c1ccccc1. The fourth-order valence-electron chi connectivity index (χ4n) is 3.89. The lowest BCUT2D eigenvalue weighted by atomic mass is 9.90. The Morgan fingerprint density at radius 1 is 0.808 bits per heavy atom. The van der Waals surface area contributed by atoms with E-state index in [1.165, 1.54) is 16.7 Å². The van der Waals surface area contributed by atoms with Crippen LogP contribution in [0.5, 0.6) is 11.5 Å². The maximum absolute atomic E-state index is 10.1. The Labute approximate surface area is 154 Å². The molecule has 0 aliphatic carbocycles. The quantitative estimate of drug-likeness (QED) is 0.681. The van der Waals surface area contributed by atoms with Gasteiger partial charge in [0.05, 0.1) is 0 Å². The molecule has 0 spiro atoms. The molecule has 0 amide bonds. The van der Waals surface area contributed by atoms with Crippen molar-refractivity contribution in [3.05, 3.63) is 83.4 Å². The van der Waals surface area contributed by atoms with Crippen LogP contribution in [0.3, 0.4) is 0 Å². The fraction of sp³-hybridized carbons (Fsp3) is 0.217. The normalized spacial score (nSPS) is 17.5. The third-order valence-electron chi connectivity index (χ3n) is 5.34. The van der Waals surface area contributed by atoms with Crippen molar-refractivity contribution in [1.82, 2.24) is 4.90 Å². The second-order valence-corrected chi connectivity index (χ2v) is 7.04. The minimum Gasteiger partial charge on any atom is -0.508 e. The van der Waals surface area contributed by atoms with Gasteiger partial charge in [-0.3, -0.25) is 4.90 Å². The standard InChI is InChI=1S/C23H23NO2/c1-24-12-11-16-7-9-19(25)14-21(16)22-15-20(26)10-8-18(22)13-23(24)17-5-3-2-4-6-17/h2-10,14-15,23,25-26H,11-13H2,1H3. The Morgan fingerprint density at radius 3 is 2.12 bits per heavy atom. The highest BCUT2D eigenvalue weighted by molar-refractivity contribution is 5.73. The van der Waals surface area contributed by atoms with Gasteiger partial charge in [-0.25, -0.2) is 0 Å². The number of hydrogen-bond donors (Lipinski definition) is 2. The van der Waals surface area contributed by atoms with Gasteiger partial charge < -0.3 is 10.2 Å². The summed E-state index contributed by atoms with van der Waals surface area (Å²) in [5.41, 5.74) is 5.68. The van der Waals surface area contributed by atoms with Crippen molar-refractivity contribution in [1.29, 1.82) is 0 Å². The minimum absolute atomic E-state index is 0.252. The first-order valence-electron chi connectivity index (χ1n) is 9.01. The van der Waals surface area contributed by atoms with Gasteiger partial charge in [0.15, 0.2) is 0 Å². The molecule has 26 heavy (non-hydrogen) atoms. The lowest BCUT2D eigenvalue weighted by Gasteiger charge is -2.28. The average molecular weight is 345 g/mol. The van der Waals surface area contributed by atoms with Crippen LogP contribution in [-0.4, -0.2) is 28.7 Å². The van der Waals surface area contributed by atoms with Crippen molar-refractivity contribution in [3.8, 4) is 22.6 Å². The summed E-state index contributed by atoms with van der Waals surface area (Å²) in [7, 11) is 2.17. The van der Waals surface area contributed by atoms with Gasteiger partial charge >= 0.3 is 0 Å². The Hall–Kier alpha value is -2.78. The zero-order valence-corrected chi connectivity index (χ0v) is 14.9. The monoisotopic (exact) mass is 345 g/mol. The zero-order chi connectivity index (χ0) is 18.1.